The Morgan fingerprint density at radius 3 is 2.29 bits per heavy atom. The Balaban J connectivity index is 2.58. The van der Waals surface area contributed by atoms with Crippen LogP contribution < -0.4 is 0 Å². The lowest BCUT2D eigenvalue weighted by molar-refractivity contribution is -0.169. The van der Waals surface area contributed by atoms with Crippen LogP contribution >= 0.6 is 0 Å². The summed E-state index contributed by atoms with van der Waals surface area (Å²) >= 11 is 0. The highest BCUT2D eigenvalue weighted by Crippen LogP contribution is 2.62. The average molecular weight is 483 g/mol. The van der Waals surface area contributed by atoms with Crippen LogP contribution in [0.3, 0.4) is 0 Å². The molecule has 1 N–H and O–H groups in total. The Kier molecular flexibility index (Phi) is 9.67. The first kappa shape index (κ1) is 29.0. The molecule has 4 heteroatoms. The number of rotatable bonds is 11. The van der Waals surface area contributed by atoms with Crippen LogP contribution in [0.2, 0.25) is 0 Å². The Morgan fingerprint density at radius 2 is 1.71 bits per heavy atom. The van der Waals surface area contributed by atoms with E-state index in [-0.39, 0.29) is 34.9 Å². The maximum atomic E-state index is 14.0. The highest BCUT2D eigenvalue weighted by molar-refractivity contribution is 6.23. The number of aliphatic hydroxyl groups excluding tert-OH is 1. The smallest absolute Gasteiger partial charge is 0.169 e. The first-order valence-electron chi connectivity index (χ1n) is 13.3. The molecule has 0 unspecified atom stereocenters. The summed E-state index contributed by atoms with van der Waals surface area (Å²) in [4.78, 5) is 40.7. The zero-order chi connectivity index (χ0) is 26.6. The van der Waals surface area contributed by atoms with Crippen molar-refractivity contribution in [1.82, 2.24) is 0 Å². The van der Waals surface area contributed by atoms with Crippen LogP contribution in [-0.2, 0) is 14.4 Å². The standard InChI is InChI=1S/C31H46O4/c1-9-23(7)28(34)31-27(33)19-26(32)25(29(31)35)18-24(16-15-21(4)5)30(31,8)17-11-14-22(6)13-10-12-20(2)3/h12,14-15,19,23-25,33H,9-11,13,16-18H2,1-8H3/b22-14+/t23-,24-,25-,30+,31-/m0/s1. The van der Waals surface area contributed by atoms with Gasteiger partial charge in [-0.3, -0.25) is 14.4 Å². The van der Waals surface area contributed by atoms with Crippen molar-refractivity contribution in [3.05, 3.63) is 46.8 Å². The van der Waals surface area contributed by atoms with E-state index in [1.165, 1.54) is 17.2 Å². The van der Waals surface area contributed by atoms with E-state index in [1.807, 2.05) is 34.6 Å². The van der Waals surface area contributed by atoms with Gasteiger partial charge in [-0.15, -0.1) is 0 Å². The van der Waals surface area contributed by atoms with Gasteiger partial charge in [0.05, 0.1) is 5.92 Å². The zero-order valence-corrected chi connectivity index (χ0v) is 23.2. The largest absolute Gasteiger partial charge is 0.511 e. The van der Waals surface area contributed by atoms with Gasteiger partial charge in [0.1, 0.15) is 5.76 Å². The molecule has 2 bridgehead atoms. The molecular formula is C31H46O4. The lowest BCUT2D eigenvalue weighted by Crippen LogP contribution is -2.65. The zero-order valence-electron chi connectivity index (χ0n) is 23.2. The summed E-state index contributed by atoms with van der Waals surface area (Å²) in [6, 6.07) is 0. The van der Waals surface area contributed by atoms with Gasteiger partial charge >= 0.3 is 0 Å². The SMILES string of the molecule is CC[C@H](C)C(=O)[C@@]12C(=O)[C@@H](C[C@H](CC=C(C)C)[C@@]1(C)CC/C=C(\C)CCC=C(C)C)C(=O)C=C2O. The summed E-state index contributed by atoms with van der Waals surface area (Å²) in [6.45, 7) is 16.2. The van der Waals surface area contributed by atoms with Crippen molar-refractivity contribution in [2.45, 2.75) is 100 Å². The monoisotopic (exact) mass is 482 g/mol. The van der Waals surface area contributed by atoms with Crippen LogP contribution in [0.25, 0.3) is 0 Å². The quantitative estimate of drug-likeness (QED) is 0.242. The molecular weight excluding hydrogens is 436 g/mol. The van der Waals surface area contributed by atoms with Gasteiger partial charge < -0.3 is 5.11 Å². The molecule has 0 aromatic rings. The number of ketones is 3. The minimum atomic E-state index is -1.65. The van der Waals surface area contributed by atoms with Gasteiger partial charge in [0, 0.05) is 12.0 Å². The van der Waals surface area contributed by atoms with E-state index in [9.17, 15) is 19.5 Å². The number of aliphatic hydroxyl groups is 1. The highest BCUT2D eigenvalue weighted by Gasteiger charge is 2.70. The van der Waals surface area contributed by atoms with Gasteiger partial charge in [-0.1, -0.05) is 55.7 Å². The second-order valence-corrected chi connectivity index (χ2v) is 11.5. The van der Waals surface area contributed by atoms with Gasteiger partial charge in [-0.25, -0.2) is 0 Å². The molecule has 0 amide bonds. The molecule has 0 saturated heterocycles. The molecule has 0 aromatic heterocycles. The summed E-state index contributed by atoms with van der Waals surface area (Å²) in [5, 5.41) is 11.3. The van der Waals surface area contributed by atoms with E-state index < -0.39 is 16.7 Å². The summed E-state index contributed by atoms with van der Waals surface area (Å²) < 4.78 is 0. The summed E-state index contributed by atoms with van der Waals surface area (Å²) in [7, 11) is 0. The highest BCUT2D eigenvalue weighted by atomic mass is 16.3. The van der Waals surface area contributed by atoms with Crippen LogP contribution in [-0.4, -0.2) is 22.5 Å². The minimum Gasteiger partial charge on any atom is -0.511 e. The molecule has 2 rings (SSSR count). The van der Waals surface area contributed by atoms with Gasteiger partial charge in [-0.05, 0) is 90.9 Å². The van der Waals surface area contributed by atoms with Crippen molar-refractivity contribution >= 4 is 17.3 Å². The molecule has 0 heterocycles. The normalized spacial score (nSPS) is 29.4. The van der Waals surface area contributed by atoms with Crippen LogP contribution in [0.1, 0.15) is 100 Å². The second-order valence-electron chi connectivity index (χ2n) is 11.5. The van der Waals surface area contributed by atoms with E-state index in [2.05, 4.69) is 39.0 Å². The third-order valence-corrected chi connectivity index (χ3v) is 8.46. The van der Waals surface area contributed by atoms with Crippen LogP contribution in [0.5, 0.6) is 0 Å². The van der Waals surface area contributed by atoms with Gasteiger partial charge in [-0.2, -0.15) is 0 Å². The van der Waals surface area contributed by atoms with E-state index in [0.29, 0.717) is 25.7 Å². The van der Waals surface area contributed by atoms with Crippen molar-refractivity contribution in [2.24, 2.45) is 28.6 Å². The predicted molar refractivity (Wildman–Crippen MR) is 143 cm³/mol. The van der Waals surface area contributed by atoms with E-state index in [0.717, 1.165) is 24.8 Å². The Bertz CT molecular complexity index is 954. The molecule has 35 heavy (non-hydrogen) atoms. The molecule has 1 saturated carbocycles. The summed E-state index contributed by atoms with van der Waals surface area (Å²) in [6.07, 6.45) is 12.8. The number of allylic oxidation sites excluding steroid dienone is 8. The van der Waals surface area contributed by atoms with Crippen molar-refractivity contribution in [3.63, 3.8) is 0 Å². The molecule has 2 aliphatic rings. The van der Waals surface area contributed by atoms with E-state index >= 15 is 0 Å². The number of carbonyl (C=O) groups excluding carboxylic acids is 3. The van der Waals surface area contributed by atoms with Crippen LogP contribution in [0.4, 0.5) is 0 Å². The van der Waals surface area contributed by atoms with E-state index in [1.54, 1.807) is 0 Å². The van der Waals surface area contributed by atoms with Crippen LogP contribution in [0, 0.1) is 28.6 Å². The molecule has 0 aliphatic heterocycles. The predicted octanol–water partition coefficient (Wildman–Crippen LogP) is 7.65. The maximum absolute atomic E-state index is 14.0. The molecule has 0 aromatic carbocycles. The molecule has 4 nitrogen and oxygen atoms in total. The Labute approximate surface area is 212 Å². The van der Waals surface area contributed by atoms with Gasteiger partial charge in [0.25, 0.3) is 0 Å². The number of carbonyl (C=O) groups is 3. The molecule has 2 aliphatic carbocycles. The van der Waals surface area contributed by atoms with E-state index in [4.69, 9.17) is 0 Å². The molecule has 194 valence electrons. The fraction of sp³-hybridized carbons (Fsp3) is 0.645. The number of Topliss-reactive ketones (excluding diaryl/α,β-unsaturated/α-hetero) is 2. The lowest BCUT2D eigenvalue weighted by Gasteiger charge is -2.57. The molecule has 1 fully saturated rings. The first-order valence-corrected chi connectivity index (χ1v) is 13.3. The molecule has 5 atom stereocenters. The fourth-order valence-electron chi connectivity index (χ4n) is 6.03. The first-order chi connectivity index (χ1) is 16.3. The van der Waals surface area contributed by atoms with Gasteiger partial charge in [0.15, 0.2) is 22.8 Å². The average Bonchev–Trinajstić information content (AvgIpc) is 2.76. The number of hydrogen-bond donors (Lipinski definition) is 1. The summed E-state index contributed by atoms with van der Waals surface area (Å²) in [5.41, 5.74) is 1.32. The molecule has 0 radical (unpaired) electrons. The Morgan fingerprint density at radius 1 is 1.09 bits per heavy atom. The number of fused-ring (bicyclic) bond motifs is 2. The van der Waals surface area contributed by atoms with Crippen molar-refractivity contribution < 1.29 is 19.5 Å². The van der Waals surface area contributed by atoms with Crippen molar-refractivity contribution in [2.75, 3.05) is 0 Å². The second kappa shape index (κ2) is 11.7. The van der Waals surface area contributed by atoms with Gasteiger partial charge in [0.2, 0.25) is 0 Å². The lowest BCUT2D eigenvalue weighted by atomic mass is 9.43. The third-order valence-electron chi connectivity index (χ3n) is 8.46. The molecule has 0 spiro atoms. The summed E-state index contributed by atoms with van der Waals surface area (Å²) in [5.74, 6) is -2.60. The van der Waals surface area contributed by atoms with Crippen LogP contribution in [0.15, 0.2) is 46.8 Å². The number of hydrogen-bond acceptors (Lipinski definition) is 4. The van der Waals surface area contributed by atoms with Crippen molar-refractivity contribution in [3.8, 4) is 0 Å². The Hall–Kier alpha value is -2.23. The topological polar surface area (TPSA) is 71.4 Å². The van der Waals surface area contributed by atoms with Crippen molar-refractivity contribution in [1.29, 1.82) is 0 Å². The third kappa shape index (κ3) is 5.62. The minimum absolute atomic E-state index is 0.0627. The maximum Gasteiger partial charge on any atom is 0.169 e. The fourth-order valence-corrected chi connectivity index (χ4v) is 6.03.